The Hall–Kier alpha value is -1.48. The van der Waals surface area contributed by atoms with Crippen molar-refractivity contribution in [3.05, 3.63) is 35.4 Å². The average Bonchev–Trinajstić information content (AvgIpc) is 2.20. The Balaban J connectivity index is 0.000000791. The SMILES string of the molecule is CC(=O)c1ccccc1C(C)=O.CO. The molecule has 0 bridgehead atoms. The van der Waals surface area contributed by atoms with Gasteiger partial charge in [-0.3, -0.25) is 9.59 Å². The second kappa shape index (κ2) is 6.05. The number of aliphatic hydroxyl groups excluding tert-OH is 1. The molecule has 0 fully saturated rings. The summed E-state index contributed by atoms with van der Waals surface area (Å²) in [4.78, 5) is 22.0. The zero-order valence-electron chi connectivity index (χ0n) is 8.57. The van der Waals surface area contributed by atoms with E-state index in [9.17, 15) is 9.59 Å². The van der Waals surface area contributed by atoms with Crippen LogP contribution in [0.15, 0.2) is 24.3 Å². The third-order valence-corrected chi connectivity index (χ3v) is 1.69. The van der Waals surface area contributed by atoms with Crippen LogP contribution in [0.2, 0.25) is 0 Å². The summed E-state index contributed by atoms with van der Waals surface area (Å²) in [5.41, 5.74) is 1.01. The number of benzene rings is 1. The predicted octanol–water partition coefficient (Wildman–Crippen LogP) is 1.70. The zero-order valence-corrected chi connectivity index (χ0v) is 8.57. The molecule has 0 unspecified atom stereocenters. The maximum atomic E-state index is 11.0. The van der Waals surface area contributed by atoms with E-state index < -0.39 is 0 Å². The Kier molecular flexibility index (Phi) is 5.41. The summed E-state index contributed by atoms with van der Waals surface area (Å²) in [6.07, 6.45) is 0. The van der Waals surface area contributed by atoms with Crippen LogP contribution in [-0.4, -0.2) is 23.8 Å². The summed E-state index contributed by atoms with van der Waals surface area (Å²) in [6.45, 7) is 2.92. The fourth-order valence-corrected chi connectivity index (χ4v) is 1.10. The maximum absolute atomic E-state index is 11.0. The summed E-state index contributed by atoms with van der Waals surface area (Å²) in [5.74, 6) is -0.137. The molecule has 0 aromatic heterocycles. The number of hydrogen-bond acceptors (Lipinski definition) is 3. The third kappa shape index (κ3) is 3.11. The number of hydrogen-bond donors (Lipinski definition) is 1. The quantitative estimate of drug-likeness (QED) is 0.729. The minimum atomic E-state index is -0.0687. The van der Waals surface area contributed by atoms with Crippen molar-refractivity contribution in [3.8, 4) is 0 Å². The van der Waals surface area contributed by atoms with E-state index in [0.29, 0.717) is 11.1 Å². The Morgan fingerprint density at radius 2 is 1.21 bits per heavy atom. The van der Waals surface area contributed by atoms with Gasteiger partial charge in [-0.2, -0.15) is 0 Å². The zero-order chi connectivity index (χ0) is 11.1. The van der Waals surface area contributed by atoms with Crippen molar-refractivity contribution in [2.45, 2.75) is 13.8 Å². The van der Waals surface area contributed by atoms with Crippen molar-refractivity contribution >= 4 is 11.6 Å². The van der Waals surface area contributed by atoms with Crippen LogP contribution >= 0.6 is 0 Å². The van der Waals surface area contributed by atoms with Gasteiger partial charge in [0.15, 0.2) is 11.6 Å². The average molecular weight is 194 g/mol. The van der Waals surface area contributed by atoms with E-state index in [1.165, 1.54) is 13.8 Å². The minimum absolute atomic E-state index is 0.0687. The Bertz CT molecular complexity index is 296. The van der Waals surface area contributed by atoms with Crippen molar-refractivity contribution in [3.63, 3.8) is 0 Å². The first kappa shape index (κ1) is 12.5. The first-order chi connectivity index (χ1) is 6.63. The lowest BCUT2D eigenvalue weighted by Gasteiger charge is -2.00. The monoisotopic (exact) mass is 194 g/mol. The highest BCUT2D eigenvalue weighted by Crippen LogP contribution is 2.09. The van der Waals surface area contributed by atoms with Gasteiger partial charge in [-0.05, 0) is 13.8 Å². The van der Waals surface area contributed by atoms with E-state index in [1.807, 2.05) is 0 Å². The van der Waals surface area contributed by atoms with Crippen molar-refractivity contribution in [2.75, 3.05) is 7.11 Å². The highest BCUT2D eigenvalue weighted by atomic mass is 16.2. The van der Waals surface area contributed by atoms with Crippen molar-refractivity contribution in [1.29, 1.82) is 0 Å². The highest BCUT2D eigenvalue weighted by Gasteiger charge is 2.08. The van der Waals surface area contributed by atoms with Gasteiger partial charge in [-0.25, -0.2) is 0 Å². The lowest BCUT2D eigenvalue weighted by molar-refractivity contribution is 0.0981. The fourth-order valence-electron chi connectivity index (χ4n) is 1.10. The molecule has 0 aliphatic carbocycles. The van der Waals surface area contributed by atoms with Gasteiger partial charge in [0.05, 0.1) is 0 Å². The van der Waals surface area contributed by atoms with Crippen LogP contribution in [0, 0.1) is 0 Å². The standard InChI is InChI=1S/C10H10O2.CH4O/c1-7(11)9-5-3-4-6-10(9)8(2)12;1-2/h3-6H,1-2H3;2H,1H3. The van der Waals surface area contributed by atoms with Gasteiger partial charge in [-0.1, -0.05) is 24.3 Å². The first-order valence-electron chi connectivity index (χ1n) is 4.18. The van der Waals surface area contributed by atoms with Crippen LogP contribution in [0.3, 0.4) is 0 Å². The Labute approximate surface area is 83.4 Å². The smallest absolute Gasteiger partial charge is 0.160 e. The van der Waals surface area contributed by atoms with E-state index in [0.717, 1.165) is 7.11 Å². The van der Waals surface area contributed by atoms with Crippen LogP contribution in [-0.2, 0) is 0 Å². The van der Waals surface area contributed by atoms with Crippen molar-refractivity contribution in [1.82, 2.24) is 0 Å². The lowest BCUT2D eigenvalue weighted by Crippen LogP contribution is -2.02. The molecule has 0 aliphatic rings. The topological polar surface area (TPSA) is 54.4 Å². The Morgan fingerprint density at radius 3 is 1.43 bits per heavy atom. The van der Waals surface area contributed by atoms with Crippen molar-refractivity contribution in [2.24, 2.45) is 0 Å². The van der Waals surface area contributed by atoms with Crippen molar-refractivity contribution < 1.29 is 14.7 Å². The molecule has 0 aliphatic heterocycles. The normalized spacial score (nSPS) is 8.57. The molecular formula is C11H14O3. The van der Waals surface area contributed by atoms with Crippen LogP contribution < -0.4 is 0 Å². The molecule has 0 saturated carbocycles. The van der Waals surface area contributed by atoms with E-state index in [4.69, 9.17) is 5.11 Å². The molecule has 3 heteroatoms. The van der Waals surface area contributed by atoms with Gasteiger partial charge >= 0.3 is 0 Å². The van der Waals surface area contributed by atoms with Crippen LogP contribution in [0.1, 0.15) is 34.6 Å². The number of aliphatic hydroxyl groups is 1. The molecule has 1 aromatic carbocycles. The number of carbonyl (C=O) groups is 2. The molecule has 3 nitrogen and oxygen atoms in total. The lowest BCUT2D eigenvalue weighted by atomic mass is 10.0. The van der Waals surface area contributed by atoms with E-state index in [1.54, 1.807) is 24.3 Å². The number of Topliss-reactive ketones (excluding diaryl/α,β-unsaturated/α-hetero) is 2. The van der Waals surface area contributed by atoms with Gasteiger partial charge in [-0.15, -0.1) is 0 Å². The van der Waals surface area contributed by atoms with E-state index >= 15 is 0 Å². The maximum Gasteiger partial charge on any atom is 0.160 e. The molecule has 1 aromatic rings. The molecule has 76 valence electrons. The molecule has 0 radical (unpaired) electrons. The summed E-state index contributed by atoms with van der Waals surface area (Å²) >= 11 is 0. The van der Waals surface area contributed by atoms with Gasteiger partial charge in [0, 0.05) is 18.2 Å². The molecule has 0 spiro atoms. The molecule has 0 heterocycles. The van der Waals surface area contributed by atoms with Gasteiger partial charge < -0.3 is 5.11 Å². The van der Waals surface area contributed by atoms with Crippen LogP contribution in [0.4, 0.5) is 0 Å². The largest absolute Gasteiger partial charge is 0.400 e. The third-order valence-electron chi connectivity index (χ3n) is 1.69. The summed E-state index contributed by atoms with van der Waals surface area (Å²) in [6, 6.07) is 6.84. The molecular weight excluding hydrogens is 180 g/mol. The van der Waals surface area contributed by atoms with Gasteiger partial charge in [0.25, 0.3) is 0 Å². The van der Waals surface area contributed by atoms with E-state index in [2.05, 4.69) is 0 Å². The number of ketones is 2. The van der Waals surface area contributed by atoms with E-state index in [-0.39, 0.29) is 11.6 Å². The molecule has 0 atom stereocenters. The van der Waals surface area contributed by atoms with Gasteiger partial charge in [0.2, 0.25) is 0 Å². The molecule has 0 saturated heterocycles. The number of rotatable bonds is 2. The first-order valence-corrected chi connectivity index (χ1v) is 4.18. The second-order valence-electron chi connectivity index (χ2n) is 2.66. The van der Waals surface area contributed by atoms with Crippen LogP contribution in [0.25, 0.3) is 0 Å². The Morgan fingerprint density at radius 1 is 0.929 bits per heavy atom. The van der Waals surface area contributed by atoms with Crippen LogP contribution in [0.5, 0.6) is 0 Å². The summed E-state index contributed by atoms with van der Waals surface area (Å²) < 4.78 is 0. The highest BCUT2D eigenvalue weighted by molar-refractivity contribution is 6.07. The molecule has 1 N–H and O–H groups in total. The predicted molar refractivity (Wildman–Crippen MR) is 54.6 cm³/mol. The second-order valence-corrected chi connectivity index (χ2v) is 2.66. The summed E-state index contributed by atoms with van der Waals surface area (Å²) in [7, 11) is 1.00. The summed E-state index contributed by atoms with van der Waals surface area (Å²) in [5, 5.41) is 7.00. The minimum Gasteiger partial charge on any atom is -0.400 e. The van der Waals surface area contributed by atoms with Gasteiger partial charge in [0.1, 0.15) is 0 Å². The fraction of sp³-hybridized carbons (Fsp3) is 0.273. The molecule has 14 heavy (non-hydrogen) atoms. The molecule has 0 amide bonds. The molecule has 1 rings (SSSR count). The number of carbonyl (C=O) groups excluding carboxylic acids is 2.